The first-order chi connectivity index (χ1) is 5.85. The van der Waals surface area contributed by atoms with Crippen LogP contribution in [0.25, 0.3) is 0 Å². The molecule has 0 aromatic rings. The van der Waals surface area contributed by atoms with Gasteiger partial charge in [0.2, 0.25) is 0 Å². The molecule has 1 saturated carbocycles. The fourth-order valence-corrected chi connectivity index (χ4v) is 2.16. The van der Waals surface area contributed by atoms with Gasteiger partial charge in [-0.15, -0.1) is 0 Å². The van der Waals surface area contributed by atoms with Crippen molar-refractivity contribution in [2.45, 2.75) is 33.6 Å². The van der Waals surface area contributed by atoms with Crippen molar-refractivity contribution in [3.63, 3.8) is 0 Å². The van der Waals surface area contributed by atoms with E-state index < -0.39 is 5.97 Å². The molecule has 0 radical (unpaired) electrons. The Morgan fingerprint density at radius 3 is 2.08 bits per heavy atom. The van der Waals surface area contributed by atoms with Crippen molar-refractivity contribution < 1.29 is 14.7 Å². The molecule has 74 valence electrons. The topological polar surface area (TPSA) is 57.2 Å². The van der Waals surface area contributed by atoms with Crippen molar-refractivity contribution in [1.82, 2.24) is 0 Å². The van der Waals surface area contributed by atoms with E-state index in [1.165, 1.54) is 0 Å². The molecule has 0 bridgehead atoms. The molecular formula is C10H15O3-. The molecule has 0 spiro atoms. The van der Waals surface area contributed by atoms with Crippen LogP contribution in [-0.2, 0) is 9.59 Å². The van der Waals surface area contributed by atoms with Gasteiger partial charge in [-0.1, -0.05) is 13.8 Å². The quantitative estimate of drug-likeness (QED) is 0.633. The number of Topliss-reactive ketones (excluding diaryl/α,β-unsaturated/α-hetero) is 1. The van der Waals surface area contributed by atoms with Crippen LogP contribution >= 0.6 is 0 Å². The van der Waals surface area contributed by atoms with E-state index in [9.17, 15) is 14.7 Å². The molecule has 1 rings (SSSR count). The Balaban J connectivity index is 2.50. The molecule has 0 N–H and O–H groups in total. The molecule has 1 fully saturated rings. The summed E-state index contributed by atoms with van der Waals surface area (Å²) in [5, 5.41) is 10.4. The Kier molecular flexibility index (Phi) is 2.46. The minimum atomic E-state index is -1.01. The van der Waals surface area contributed by atoms with Crippen LogP contribution in [0.15, 0.2) is 0 Å². The van der Waals surface area contributed by atoms with Crippen LogP contribution in [0.1, 0.15) is 33.6 Å². The summed E-state index contributed by atoms with van der Waals surface area (Å²) >= 11 is 0. The molecule has 1 aliphatic carbocycles. The summed E-state index contributed by atoms with van der Waals surface area (Å²) in [5.41, 5.74) is 0.00569. The molecule has 0 amide bonds. The average molecular weight is 183 g/mol. The second kappa shape index (κ2) is 3.13. The van der Waals surface area contributed by atoms with Gasteiger partial charge >= 0.3 is 0 Å². The normalized spacial score (nSPS) is 29.8. The van der Waals surface area contributed by atoms with Gasteiger partial charge in [-0.05, 0) is 30.6 Å². The summed E-state index contributed by atoms with van der Waals surface area (Å²) in [7, 11) is 0. The van der Waals surface area contributed by atoms with Gasteiger partial charge in [0.05, 0.1) is 0 Å². The van der Waals surface area contributed by atoms with Gasteiger partial charge in [0.15, 0.2) is 0 Å². The number of carboxylic acid groups (broad SMARTS) is 1. The number of ketones is 1. The highest BCUT2D eigenvalue weighted by Gasteiger charge is 2.56. The maximum Gasteiger partial charge on any atom is 0.130 e. The highest BCUT2D eigenvalue weighted by Crippen LogP contribution is 2.61. The van der Waals surface area contributed by atoms with Gasteiger partial charge < -0.3 is 14.7 Å². The van der Waals surface area contributed by atoms with Gasteiger partial charge in [-0.2, -0.15) is 0 Å². The molecule has 0 aromatic carbocycles. The second-order valence-corrected chi connectivity index (χ2v) is 4.52. The van der Waals surface area contributed by atoms with Gasteiger partial charge in [0.25, 0.3) is 0 Å². The lowest BCUT2D eigenvalue weighted by Gasteiger charge is -2.02. The molecule has 2 atom stereocenters. The maximum absolute atomic E-state index is 10.9. The van der Waals surface area contributed by atoms with Crippen molar-refractivity contribution in [3.8, 4) is 0 Å². The lowest BCUT2D eigenvalue weighted by molar-refractivity contribution is -0.306. The van der Waals surface area contributed by atoms with Crippen LogP contribution in [-0.4, -0.2) is 11.8 Å². The zero-order valence-corrected chi connectivity index (χ0v) is 8.29. The van der Waals surface area contributed by atoms with Gasteiger partial charge in [-0.3, -0.25) is 0 Å². The number of carboxylic acids is 1. The Bertz CT molecular complexity index is 219. The minimum absolute atomic E-state index is 0.00569. The first kappa shape index (κ1) is 10.2. The van der Waals surface area contributed by atoms with Gasteiger partial charge in [0, 0.05) is 12.4 Å². The summed E-state index contributed by atoms with van der Waals surface area (Å²) in [6.07, 6.45) is 0.593. The third-order valence-electron chi connectivity index (χ3n) is 3.18. The van der Waals surface area contributed by atoms with Crippen LogP contribution in [0.3, 0.4) is 0 Å². The average Bonchev–Trinajstić information content (AvgIpc) is 2.36. The number of aliphatic carboxylic acids is 1. The van der Waals surface area contributed by atoms with E-state index >= 15 is 0 Å². The van der Waals surface area contributed by atoms with E-state index in [4.69, 9.17) is 0 Å². The van der Waals surface area contributed by atoms with Gasteiger partial charge in [-0.25, -0.2) is 0 Å². The lowest BCUT2D eigenvalue weighted by atomic mass is 10.1. The number of carbonyl (C=O) groups is 2. The van der Waals surface area contributed by atoms with Crippen molar-refractivity contribution >= 4 is 11.8 Å². The highest BCUT2D eigenvalue weighted by molar-refractivity contribution is 5.76. The molecular weight excluding hydrogens is 168 g/mol. The first-order valence-corrected chi connectivity index (χ1v) is 4.55. The Labute approximate surface area is 78.1 Å². The van der Waals surface area contributed by atoms with Crippen molar-refractivity contribution in [3.05, 3.63) is 0 Å². The number of carbonyl (C=O) groups excluding carboxylic acids is 2. The van der Waals surface area contributed by atoms with E-state index in [-0.39, 0.29) is 29.5 Å². The number of hydrogen-bond acceptors (Lipinski definition) is 3. The molecule has 13 heavy (non-hydrogen) atoms. The predicted molar refractivity (Wildman–Crippen MR) is 45.7 cm³/mol. The monoisotopic (exact) mass is 183 g/mol. The molecule has 0 aromatic heterocycles. The summed E-state index contributed by atoms with van der Waals surface area (Å²) < 4.78 is 0. The fourth-order valence-electron chi connectivity index (χ4n) is 2.16. The second-order valence-electron chi connectivity index (χ2n) is 4.52. The van der Waals surface area contributed by atoms with Crippen LogP contribution in [0, 0.1) is 17.3 Å². The molecule has 0 heterocycles. The van der Waals surface area contributed by atoms with Crippen molar-refractivity contribution in [1.29, 1.82) is 0 Å². The number of hydrogen-bond donors (Lipinski definition) is 0. The standard InChI is InChI=1S/C10H16O3/c1-6(11)4-7-8(5-9(12)13)10(7,2)3/h7-8H,4-5H2,1-3H3,(H,12,13)/p-1/t7-,8+/m1/s1. The summed E-state index contributed by atoms with van der Waals surface area (Å²) in [5.74, 6) is -0.507. The Morgan fingerprint density at radius 2 is 1.69 bits per heavy atom. The highest BCUT2D eigenvalue weighted by atomic mass is 16.4. The van der Waals surface area contributed by atoms with Crippen LogP contribution in [0.4, 0.5) is 0 Å². The molecule has 0 aliphatic heterocycles. The Hall–Kier alpha value is -0.860. The van der Waals surface area contributed by atoms with E-state index in [1.54, 1.807) is 6.92 Å². The van der Waals surface area contributed by atoms with E-state index in [1.807, 2.05) is 13.8 Å². The molecule has 1 aliphatic rings. The smallest absolute Gasteiger partial charge is 0.130 e. The van der Waals surface area contributed by atoms with Crippen molar-refractivity contribution in [2.75, 3.05) is 0 Å². The molecule has 3 nitrogen and oxygen atoms in total. The molecule has 3 heteroatoms. The third-order valence-corrected chi connectivity index (χ3v) is 3.18. The minimum Gasteiger partial charge on any atom is -0.550 e. The number of rotatable bonds is 4. The predicted octanol–water partition coefficient (Wildman–Crippen LogP) is 0.378. The van der Waals surface area contributed by atoms with Crippen LogP contribution < -0.4 is 5.11 Å². The van der Waals surface area contributed by atoms with Crippen LogP contribution in [0.2, 0.25) is 0 Å². The third kappa shape index (κ3) is 2.08. The summed E-state index contributed by atoms with van der Waals surface area (Å²) in [4.78, 5) is 21.2. The molecule has 0 unspecified atom stereocenters. The summed E-state index contributed by atoms with van der Waals surface area (Å²) in [6, 6.07) is 0. The first-order valence-electron chi connectivity index (χ1n) is 4.55. The van der Waals surface area contributed by atoms with Crippen molar-refractivity contribution in [2.24, 2.45) is 17.3 Å². The molecule has 0 saturated heterocycles. The van der Waals surface area contributed by atoms with E-state index in [0.717, 1.165) is 0 Å². The largest absolute Gasteiger partial charge is 0.550 e. The maximum atomic E-state index is 10.9. The SMILES string of the molecule is CC(=O)C[C@@H]1[C@H](CC(=O)[O-])C1(C)C. The lowest BCUT2D eigenvalue weighted by Crippen LogP contribution is -2.23. The van der Waals surface area contributed by atoms with Gasteiger partial charge in [0.1, 0.15) is 5.78 Å². The summed E-state index contributed by atoms with van der Waals surface area (Å²) in [6.45, 7) is 5.56. The Morgan fingerprint density at radius 1 is 1.23 bits per heavy atom. The van der Waals surface area contributed by atoms with E-state index in [2.05, 4.69) is 0 Å². The zero-order chi connectivity index (χ0) is 10.2. The van der Waals surface area contributed by atoms with Crippen LogP contribution in [0.5, 0.6) is 0 Å². The van der Waals surface area contributed by atoms with E-state index in [0.29, 0.717) is 6.42 Å². The fraction of sp³-hybridized carbons (Fsp3) is 0.800. The zero-order valence-electron chi connectivity index (χ0n) is 8.29.